The maximum Gasteiger partial charge on any atom is 0.264 e. The van der Waals surface area contributed by atoms with Gasteiger partial charge in [-0.25, -0.2) is 4.39 Å². The summed E-state index contributed by atoms with van der Waals surface area (Å²) in [6.45, 7) is 0.574. The Morgan fingerprint density at radius 3 is 2.36 bits per heavy atom. The Morgan fingerprint density at radius 2 is 1.64 bits per heavy atom. The second-order valence-electron chi connectivity index (χ2n) is 8.45. The molecule has 5 rings (SSSR count). The Labute approximate surface area is 213 Å². The van der Waals surface area contributed by atoms with Gasteiger partial charge in [-0.1, -0.05) is 36.4 Å². The van der Waals surface area contributed by atoms with Crippen LogP contribution < -0.4 is 14.2 Å². The number of rotatable bonds is 6. The van der Waals surface area contributed by atoms with E-state index in [-0.39, 0.29) is 17.8 Å². The highest BCUT2D eigenvalue weighted by Crippen LogP contribution is 2.46. The highest BCUT2D eigenvalue weighted by Gasteiger charge is 2.33. The normalized spacial score (nSPS) is 14.8. The van der Waals surface area contributed by atoms with E-state index in [2.05, 4.69) is 12.1 Å². The van der Waals surface area contributed by atoms with Crippen LogP contribution in [0.15, 0.2) is 72.8 Å². The minimum atomic E-state index is -0.299. The molecule has 2 heterocycles. The molecular formula is C29H26FNO4S. The van der Waals surface area contributed by atoms with Crippen molar-refractivity contribution in [1.82, 2.24) is 4.90 Å². The van der Waals surface area contributed by atoms with E-state index in [1.165, 1.54) is 29.0 Å². The second-order valence-corrected chi connectivity index (χ2v) is 9.53. The zero-order valence-electron chi connectivity index (χ0n) is 20.3. The van der Waals surface area contributed by atoms with E-state index in [0.29, 0.717) is 28.7 Å². The third kappa shape index (κ3) is 4.20. The zero-order chi connectivity index (χ0) is 25.2. The molecule has 4 aromatic rings. The van der Waals surface area contributed by atoms with Crippen LogP contribution in [0, 0.1) is 5.82 Å². The van der Waals surface area contributed by atoms with Gasteiger partial charge in [-0.3, -0.25) is 4.79 Å². The molecule has 0 fully saturated rings. The van der Waals surface area contributed by atoms with Crippen LogP contribution in [0.4, 0.5) is 4.39 Å². The average molecular weight is 504 g/mol. The summed E-state index contributed by atoms with van der Waals surface area (Å²) in [6, 6.07) is 21.8. The first-order chi connectivity index (χ1) is 17.5. The SMILES string of the molecule is COc1ccc(-c2ccc(C(=O)N3CCc4ccccc4[C@@H]3c3ccc(F)cc3)s2)c(OC)c1OC. The van der Waals surface area contributed by atoms with Crippen molar-refractivity contribution in [3.8, 4) is 27.7 Å². The quantitative estimate of drug-likeness (QED) is 0.307. The summed E-state index contributed by atoms with van der Waals surface area (Å²) in [5.74, 6) is 1.26. The number of carbonyl (C=O) groups is 1. The third-order valence-corrected chi connectivity index (χ3v) is 7.62. The number of fused-ring (bicyclic) bond motifs is 1. The maximum absolute atomic E-state index is 13.9. The number of halogens is 1. The summed E-state index contributed by atoms with van der Waals surface area (Å²) >= 11 is 1.40. The van der Waals surface area contributed by atoms with E-state index in [1.54, 1.807) is 33.5 Å². The van der Waals surface area contributed by atoms with Crippen LogP contribution in [0.25, 0.3) is 10.4 Å². The molecule has 3 aromatic carbocycles. The Balaban J connectivity index is 1.52. The molecule has 5 nitrogen and oxygen atoms in total. The lowest BCUT2D eigenvalue weighted by Gasteiger charge is -2.37. The molecule has 0 radical (unpaired) electrons. The van der Waals surface area contributed by atoms with Crippen LogP contribution in [-0.2, 0) is 6.42 Å². The fourth-order valence-corrected chi connectivity index (χ4v) is 5.81. The van der Waals surface area contributed by atoms with Gasteiger partial charge in [0.2, 0.25) is 5.75 Å². The molecular weight excluding hydrogens is 477 g/mol. The summed E-state index contributed by atoms with van der Waals surface area (Å²) < 4.78 is 30.3. The molecule has 7 heteroatoms. The lowest BCUT2D eigenvalue weighted by atomic mass is 9.88. The zero-order valence-corrected chi connectivity index (χ0v) is 21.1. The van der Waals surface area contributed by atoms with Gasteiger partial charge in [-0.15, -0.1) is 11.3 Å². The van der Waals surface area contributed by atoms with Crippen LogP contribution in [0.1, 0.15) is 32.4 Å². The smallest absolute Gasteiger partial charge is 0.264 e. The van der Waals surface area contributed by atoms with Gasteiger partial charge in [0.1, 0.15) is 5.82 Å². The van der Waals surface area contributed by atoms with Gasteiger partial charge < -0.3 is 19.1 Å². The van der Waals surface area contributed by atoms with E-state index in [9.17, 15) is 9.18 Å². The number of amides is 1. The molecule has 1 aromatic heterocycles. The number of carbonyl (C=O) groups excluding carboxylic acids is 1. The Hall–Kier alpha value is -3.84. The number of hydrogen-bond acceptors (Lipinski definition) is 5. The average Bonchev–Trinajstić information content (AvgIpc) is 3.41. The largest absolute Gasteiger partial charge is 0.493 e. The summed E-state index contributed by atoms with van der Waals surface area (Å²) in [5.41, 5.74) is 3.98. The van der Waals surface area contributed by atoms with E-state index < -0.39 is 0 Å². The number of benzene rings is 3. The van der Waals surface area contributed by atoms with Gasteiger partial charge in [0.25, 0.3) is 5.91 Å². The van der Waals surface area contributed by atoms with Gasteiger partial charge in [0.05, 0.1) is 32.2 Å². The molecule has 0 unspecified atom stereocenters. The van der Waals surface area contributed by atoms with E-state index in [1.807, 2.05) is 41.3 Å². The highest BCUT2D eigenvalue weighted by molar-refractivity contribution is 7.17. The van der Waals surface area contributed by atoms with Crippen molar-refractivity contribution in [2.24, 2.45) is 0 Å². The number of thiophene rings is 1. The van der Waals surface area contributed by atoms with E-state index in [0.717, 1.165) is 28.0 Å². The monoisotopic (exact) mass is 503 g/mol. The minimum Gasteiger partial charge on any atom is -0.493 e. The van der Waals surface area contributed by atoms with Gasteiger partial charge in [0.15, 0.2) is 11.5 Å². The fourth-order valence-electron chi connectivity index (χ4n) is 4.82. The first-order valence-electron chi connectivity index (χ1n) is 11.6. The summed E-state index contributed by atoms with van der Waals surface area (Å²) in [5, 5.41) is 0. The predicted molar refractivity (Wildman–Crippen MR) is 139 cm³/mol. The Morgan fingerprint density at radius 1 is 0.889 bits per heavy atom. The van der Waals surface area contributed by atoms with Crippen molar-refractivity contribution in [3.05, 3.63) is 100 Å². The van der Waals surface area contributed by atoms with E-state index >= 15 is 0 Å². The first kappa shape index (κ1) is 23.9. The molecule has 1 atom stereocenters. The molecule has 1 amide bonds. The van der Waals surface area contributed by atoms with Gasteiger partial charge in [-0.05, 0) is 59.5 Å². The standard InChI is InChI=1S/C29H26FNO4S/c1-33-23-13-12-22(27(34-2)28(23)35-3)24-14-15-25(36-24)29(32)31-17-16-18-6-4-5-7-21(18)26(31)19-8-10-20(30)11-9-19/h4-15,26H,16-17H2,1-3H3/t26-/m0/s1. The predicted octanol–water partition coefficient (Wildman–Crippen LogP) is 6.37. The van der Waals surface area contributed by atoms with Gasteiger partial charge in [0, 0.05) is 17.0 Å². The van der Waals surface area contributed by atoms with Crippen LogP contribution in [0.5, 0.6) is 17.2 Å². The third-order valence-electron chi connectivity index (χ3n) is 6.52. The van der Waals surface area contributed by atoms with Gasteiger partial charge >= 0.3 is 0 Å². The maximum atomic E-state index is 13.9. The van der Waals surface area contributed by atoms with Crippen LogP contribution >= 0.6 is 11.3 Å². The molecule has 0 saturated heterocycles. The molecule has 0 saturated carbocycles. The van der Waals surface area contributed by atoms with Crippen LogP contribution in [0.2, 0.25) is 0 Å². The summed E-state index contributed by atoms with van der Waals surface area (Å²) in [4.78, 5) is 17.3. The van der Waals surface area contributed by atoms with Crippen molar-refractivity contribution in [1.29, 1.82) is 0 Å². The van der Waals surface area contributed by atoms with Crippen LogP contribution in [0.3, 0.4) is 0 Å². The topological polar surface area (TPSA) is 48.0 Å². The fraction of sp³-hybridized carbons (Fsp3) is 0.207. The Bertz CT molecular complexity index is 1400. The lowest BCUT2D eigenvalue weighted by Crippen LogP contribution is -2.40. The Kier molecular flexibility index (Phi) is 6.65. The number of nitrogens with zero attached hydrogens (tertiary/aromatic N) is 1. The molecule has 0 N–H and O–H groups in total. The summed E-state index contributed by atoms with van der Waals surface area (Å²) in [7, 11) is 4.73. The van der Waals surface area contributed by atoms with Crippen molar-refractivity contribution in [2.75, 3.05) is 27.9 Å². The second kappa shape index (κ2) is 10.0. The van der Waals surface area contributed by atoms with E-state index in [4.69, 9.17) is 14.2 Å². The van der Waals surface area contributed by atoms with Gasteiger partial charge in [-0.2, -0.15) is 0 Å². The highest BCUT2D eigenvalue weighted by atomic mass is 32.1. The minimum absolute atomic E-state index is 0.0606. The molecule has 1 aliphatic heterocycles. The molecule has 184 valence electrons. The number of hydrogen-bond donors (Lipinski definition) is 0. The molecule has 0 bridgehead atoms. The lowest BCUT2D eigenvalue weighted by molar-refractivity contribution is 0.0699. The first-order valence-corrected chi connectivity index (χ1v) is 12.4. The van der Waals surface area contributed by atoms with Crippen molar-refractivity contribution in [3.63, 3.8) is 0 Å². The molecule has 36 heavy (non-hydrogen) atoms. The molecule has 0 aliphatic carbocycles. The molecule has 1 aliphatic rings. The van der Waals surface area contributed by atoms with Crippen molar-refractivity contribution >= 4 is 17.2 Å². The molecule has 0 spiro atoms. The summed E-state index contributed by atoms with van der Waals surface area (Å²) in [6.07, 6.45) is 0.765. The van der Waals surface area contributed by atoms with Crippen LogP contribution in [-0.4, -0.2) is 38.7 Å². The number of methoxy groups -OCH3 is 3. The van der Waals surface area contributed by atoms with Crippen molar-refractivity contribution in [2.45, 2.75) is 12.5 Å². The van der Waals surface area contributed by atoms with Crippen molar-refractivity contribution < 1.29 is 23.4 Å². The number of ether oxygens (including phenoxy) is 3.